The van der Waals surface area contributed by atoms with Crippen molar-refractivity contribution >= 4 is 25.1 Å². The van der Waals surface area contributed by atoms with E-state index < -0.39 is 13.7 Å². The highest BCUT2D eigenvalue weighted by Gasteiger charge is 2.34. The highest BCUT2D eigenvalue weighted by molar-refractivity contribution is 7.46. The number of anilines is 2. The molecule has 0 aliphatic carbocycles. The minimum absolute atomic E-state index is 0.188. The van der Waals surface area contributed by atoms with Gasteiger partial charge < -0.3 is 20.4 Å². The molecule has 0 saturated carbocycles. The summed E-state index contributed by atoms with van der Waals surface area (Å²) >= 11 is 0. The van der Waals surface area contributed by atoms with Crippen LogP contribution in [0, 0.1) is 5.92 Å². The zero-order chi connectivity index (χ0) is 19.9. The van der Waals surface area contributed by atoms with Crippen LogP contribution in [-0.2, 0) is 20.3 Å². The van der Waals surface area contributed by atoms with Gasteiger partial charge in [0.2, 0.25) is 5.91 Å². The second-order valence-corrected chi connectivity index (χ2v) is 8.40. The van der Waals surface area contributed by atoms with Crippen LogP contribution in [0.15, 0.2) is 18.2 Å². The number of nitrogens with two attached hydrogens (primary N) is 1. The summed E-state index contributed by atoms with van der Waals surface area (Å²) in [4.78, 5) is 31.7. The number of carbonyl (C=O) groups excluding carboxylic acids is 1. The fraction of sp³-hybridized carbons (Fsp3) is 0.632. The van der Waals surface area contributed by atoms with Gasteiger partial charge in [0.05, 0.1) is 12.5 Å². The van der Waals surface area contributed by atoms with Gasteiger partial charge in [-0.15, -0.1) is 0 Å². The Kier molecular flexibility index (Phi) is 8.29. The zero-order valence-corrected chi connectivity index (χ0v) is 16.9. The van der Waals surface area contributed by atoms with Crippen LogP contribution in [0.3, 0.4) is 0 Å². The van der Waals surface area contributed by atoms with E-state index in [1.807, 2.05) is 18.2 Å². The lowest BCUT2D eigenvalue weighted by Crippen LogP contribution is -2.28. The van der Waals surface area contributed by atoms with E-state index in [1.165, 1.54) is 32.1 Å². The largest absolute Gasteiger partial charge is 0.469 e. The second kappa shape index (κ2) is 10.2. The molecule has 1 atom stereocenters. The van der Waals surface area contributed by atoms with E-state index in [0.717, 1.165) is 24.1 Å². The molecule has 1 aromatic carbocycles. The third-order valence-corrected chi connectivity index (χ3v) is 5.49. The Morgan fingerprint density at radius 3 is 2.59 bits per heavy atom. The molecule has 0 bridgehead atoms. The van der Waals surface area contributed by atoms with Crippen molar-refractivity contribution < 1.29 is 23.7 Å². The van der Waals surface area contributed by atoms with Crippen molar-refractivity contribution in [2.75, 3.05) is 23.8 Å². The molecule has 7 nitrogen and oxygen atoms in total. The lowest BCUT2D eigenvalue weighted by molar-refractivity contribution is -0.121. The summed E-state index contributed by atoms with van der Waals surface area (Å²) < 4.78 is 15.3. The average molecular weight is 398 g/mol. The number of unbranched alkanes of at least 4 members (excludes halogenated alkanes) is 5. The third-order valence-electron chi connectivity index (χ3n) is 5.00. The number of hydrogen-bond acceptors (Lipinski definition) is 4. The third kappa shape index (κ3) is 6.92. The zero-order valence-electron chi connectivity index (χ0n) is 16.0. The number of carbonyl (C=O) groups is 1. The highest BCUT2D eigenvalue weighted by Crippen LogP contribution is 2.38. The monoisotopic (exact) mass is 398 g/mol. The average Bonchev–Trinajstić information content (AvgIpc) is 2.97. The van der Waals surface area contributed by atoms with Crippen LogP contribution in [0.2, 0.25) is 0 Å². The summed E-state index contributed by atoms with van der Waals surface area (Å²) in [6.45, 7) is 2.43. The van der Waals surface area contributed by atoms with Crippen molar-refractivity contribution in [2.45, 2.75) is 58.3 Å². The number of amides is 1. The van der Waals surface area contributed by atoms with E-state index in [9.17, 15) is 9.36 Å². The molecule has 2 rings (SSSR count). The summed E-state index contributed by atoms with van der Waals surface area (Å²) in [5, 5.41) is 0. The first-order valence-corrected chi connectivity index (χ1v) is 11.2. The second-order valence-electron chi connectivity index (χ2n) is 7.16. The van der Waals surface area contributed by atoms with E-state index in [1.54, 1.807) is 4.90 Å². The van der Waals surface area contributed by atoms with Crippen molar-refractivity contribution in [3.05, 3.63) is 23.8 Å². The maximum absolute atomic E-state index is 12.5. The van der Waals surface area contributed by atoms with Gasteiger partial charge in [-0.1, -0.05) is 45.1 Å². The number of phosphoric acid groups is 1. The fourth-order valence-corrected chi connectivity index (χ4v) is 3.78. The molecule has 152 valence electrons. The molecule has 1 amide bonds. The predicted octanol–water partition coefficient (Wildman–Crippen LogP) is 3.63. The van der Waals surface area contributed by atoms with Crippen molar-refractivity contribution in [1.29, 1.82) is 0 Å². The Morgan fingerprint density at radius 2 is 1.93 bits per heavy atom. The summed E-state index contributed by atoms with van der Waals surface area (Å²) in [7, 11) is -4.56. The molecule has 1 aliphatic heterocycles. The Balaban J connectivity index is 1.87. The number of nitrogen functional groups attached to an aromatic ring is 1. The van der Waals surface area contributed by atoms with Crippen LogP contribution in [0.1, 0.15) is 57.4 Å². The molecule has 0 aromatic heterocycles. The Labute approximate surface area is 161 Å². The Morgan fingerprint density at radius 1 is 1.22 bits per heavy atom. The molecular formula is C19H31N2O5P. The van der Waals surface area contributed by atoms with Crippen molar-refractivity contribution in [3.63, 3.8) is 0 Å². The standard InChI is InChI=1S/C19H31N2O5P/c1-2-3-4-5-6-7-8-15-9-10-17(13-18(15)20)21-12-11-16(19(21)22)14-26-27(23,24)25/h9-10,13,16H,2-8,11-12,14,20H2,1H3,(H2,23,24,25). The van der Waals surface area contributed by atoms with E-state index in [-0.39, 0.29) is 12.5 Å². The molecule has 1 unspecified atom stereocenters. The van der Waals surface area contributed by atoms with Gasteiger partial charge in [0.1, 0.15) is 0 Å². The van der Waals surface area contributed by atoms with Crippen LogP contribution < -0.4 is 10.6 Å². The molecule has 1 fully saturated rings. The summed E-state index contributed by atoms with van der Waals surface area (Å²) in [5.41, 5.74) is 8.69. The van der Waals surface area contributed by atoms with Gasteiger partial charge in [-0.25, -0.2) is 4.57 Å². The van der Waals surface area contributed by atoms with Gasteiger partial charge in [0.25, 0.3) is 0 Å². The number of hydrogen-bond donors (Lipinski definition) is 3. The fourth-order valence-electron chi connectivity index (χ4n) is 3.41. The summed E-state index contributed by atoms with van der Waals surface area (Å²) in [6, 6.07) is 5.69. The van der Waals surface area contributed by atoms with Crippen LogP contribution in [0.5, 0.6) is 0 Å². The van der Waals surface area contributed by atoms with E-state index in [4.69, 9.17) is 15.5 Å². The Hall–Kier alpha value is -1.40. The highest BCUT2D eigenvalue weighted by atomic mass is 31.2. The van der Waals surface area contributed by atoms with E-state index >= 15 is 0 Å². The maximum Gasteiger partial charge on any atom is 0.469 e. The molecule has 0 radical (unpaired) electrons. The van der Waals surface area contributed by atoms with Crippen molar-refractivity contribution in [3.8, 4) is 0 Å². The molecule has 1 saturated heterocycles. The molecule has 1 aromatic rings. The molecule has 27 heavy (non-hydrogen) atoms. The smallest absolute Gasteiger partial charge is 0.398 e. The summed E-state index contributed by atoms with van der Waals surface area (Å²) in [5.74, 6) is -0.729. The molecule has 8 heteroatoms. The lowest BCUT2D eigenvalue weighted by atomic mass is 10.0. The quantitative estimate of drug-likeness (QED) is 0.298. The van der Waals surface area contributed by atoms with E-state index in [0.29, 0.717) is 18.7 Å². The normalized spacial score (nSPS) is 17.7. The van der Waals surface area contributed by atoms with Crippen molar-refractivity contribution in [1.82, 2.24) is 0 Å². The SMILES string of the molecule is CCCCCCCCc1ccc(N2CCC(COP(=O)(O)O)C2=O)cc1N. The minimum Gasteiger partial charge on any atom is -0.398 e. The number of benzene rings is 1. The lowest BCUT2D eigenvalue weighted by Gasteiger charge is -2.18. The van der Waals surface area contributed by atoms with E-state index in [2.05, 4.69) is 11.4 Å². The molecule has 0 spiro atoms. The molecular weight excluding hydrogens is 367 g/mol. The van der Waals surface area contributed by atoms with Crippen LogP contribution in [0.4, 0.5) is 11.4 Å². The number of nitrogens with zero attached hydrogens (tertiary/aromatic N) is 1. The van der Waals surface area contributed by atoms with Gasteiger partial charge in [0.15, 0.2) is 0 Å². The first-order valence-electron chi connectivity index (χ1n) is 9.71. The first kappa shape index (κ1) is 21.9. The van der Waals surface area contributed by atoms with Gasteiger partial charge in [-0.05, 0) is 37.0 Å². The first-order chi connectivity index (χ1) is 12.8. The van der Waals surface area contributed by atoms with Crippen LogP contribution >= 0.6 is 7.82 Å². The number of aryl methyl sites for hydroxylation is 1. The summed E-state index contributed by atoms with van der Waals surface area (Å²) in [6.07, 6.45) is 8.83. The molecule has 1 aliphatic rings. The van der Waals surface area contributed by atoms with Gasteiger partial charge in [-0.3, -0.25) is 9.32 Å². The topological polar surface area (TPSA) is 113 Å². The van der Waals surface area contributed by atoms with Gasteiger partial charge in [-0.2, -0.15) is 0 Å². The molecule has 4 N–H and O–H groups in total. The maximum atomic E-state index is 12.5. The van der Waals surface area contributed by atoms with Crippen LogP contribution in [0.25, 0.3) is 0 Å². The predicted molar refractivity (Wildman–Crippen MR) is 106 cm³/mol. The Bertz CT molecular complexity index is 676. The molecule has 1 heterocycles. The van der Waals surface area contributed by atoms with Gasteiger partial charge in [0, 0.05) is 17.9 Å². The number of rotatable bonds is 11. The number of phosphoric ester groups is 1. The minimum atomic E-state index is -4.56. The van der Waals surface area contributed by atoms with Crippen molar-refractivity contribution in [2.24, 2.45) is 5.92 Å². The van der Waals surface area contributed by atoms with Crippen LogP contribution in [-0.4, -0.2) is 28.8 Å². The van der Waals surface area contributed by atoms with Gasteiger partial charge >= 0.3 is 7.82 Å².